The van der Waals surface area contributed by atoms with E-state index in [1.54, 1.807) is 0 Å². The average molecular weight is 197 g/mol. The molecule has 3 unspecified atom stereocenters. The summed E-state index contributed by atoms with van der Waals surface area (Å²) >= 11 is 0. The minimum absolute atomic E-state index is 0.701. The zero-order valence-corrected chi connectivity index (χ0v) is 9.70. The Morgan fingerprint density at radius 1 is 1.29 bits per heavy atom. The number of nitrogens with zero attached hydrogens (tertiary/aromatic N) is 1. The van der Waals surface area contributed by atoms with E-state index in [0.29, 0.717) is 12.1 Å². The van der Waals surface area contributed by atoms with Gasteiger partial charge in [-0.3, -0.25) is 4.90 Å². The first-order chi connectivity index (χ1) is 6.72. The number of ether oxygens (including phenoxy) is 1. The quantitative estimate of drug-likeness (QED) is 0.673. The van der Waals surface area contributed by atoms with Gasteiger partial charge in [-0.1, -0.05) is 13.8 Å². The molecule has 0 aromatic rings. The van der Waals surface area contributed by atoms with Gasteiger partial charge >= 0.3 is 0 Å². The number of fused-ring (bicyclic) bond motifs is 2. The molecule has 0 aliphatic carbocycles. The zero-order chi connectivity index (χ0) is 10.1. The third-order valence-corrected chi connectivity index (χ3v) is 3.91. The van der Waals surface area contributed by atoms with E-state index in [9.17, 15) is 0 Å². The van der Waals surface area contributed by atoms with Gasteiger partial charge in [0.1, 0.15) is 0 Å². The second-order valence-corrected chi connectivity index (χ2v) is 5.13. The molecule has 0 saturated carbocycles. The average Bonchev–Trinajstić information content (AvgIpc) is 2.15. The van der Waals surface area contributed by atoms with Crippen molar-refractivity contribution in [2.45, 2.75) is 58.2 Å². The van der Waals surface area contributed by atoms with Gasteiger partial charge in [0, 0.05) is 18.1 Å². The lowest BCUT2D eigenvalue weighted by molar-refractivity contribution is -0.102. The van der Waals surface area contributed by atoms with Gasteiger partial charge < -0.3 is 4.74 Å². The first-order valence-corrected chi connectivity index (χ1v) is 6.07. The summed E-state index contributed by atoms with van der Waals surface area (Å²) < 4.78 is 5.67. The van der Waals surface area contributed by atoms with Crippen LogP contribution < -0.4 is 0 Å². The molecule has 0 spiro atoms. The Kier molecular flexibility index (Phi) is 3.13. The molecular formula is C12H23NO. The minimum atomic E-state index is 0.701. The normalized spacial score (nSPS) is 40.9. The van der Waals surface area contributed by atoms with Crippen molar-refractivity contribution in [2.24, 2.45) is 5.92 Å². The summed E-state index contributed by atoms with van der Waals surface area (Å²) in [4.78, 5) is 2.73. The molecular weight excluding hydrogens is 174 g/mol. The maximum atomic E-state index is 5.67. The van der Waals surface area contributed by atoms with Crippen LogP contribution in [0.3, 0.4) is 0 Å². The number of morpholine rings is 1. The second kappa shape index (κ2) is 4.19. The van der Waals surface area contributed by atoms with Gasteiger partial charge in [0.2, 0.25) is 0 Å². The lowest BCUT2D eigenvalue weighted by Gasteiger charge is -2.50. The van der Waals surface area contributed by atoms with Crippen LogP contribution >= 0.6 is 0 Å². The van der Waals surface area contributed by atoms with Gasteiger partial charge in [0.15, 0.2) is 0 Å². The molecule has 0 N–H and O–H groups in total. The van der Waals surface area contributed by atoms with E-state index < -0.39 is 0 Å². The molecule has 2 nitrogen and oxygen atoms in total. The van der Waals surface area contributed by atoms with Crippen molar-refractivity contribution in [3.63, 3.8) is 0 Å². The maximum absolute atomic E-state index is 5.67. The number of piperidine rings is 1. The van der Waals surface area contributed by atoms with Crippen molar-refractivity contribution >= 4 is 0 Å². The van der Waals surface area contributed by atoms with Crippen LogP contribution in [0.5, 0.6) is 0 Å². The van der Waals surface area contributed by atoms with E-state index >= 15 is 0 Å². The van der Waals surface area contributed by atoms with Gasteiger partial charge in [0.05, 0.1) is 13.2 Å². The molecule has 14 heavy (non-hydrogen) atoms. The molecule has 3 atom stereocenters. The molecule has 2 fully saturated rings. The molecule has 0 aromatic carbocycles. The summed E-state index contributed by atoms with van der Waals surface area (Å²) in [6.45, 7) is 8.97. The number of hydrogen-bond donors (Lipinski definition) is 0. The molecule has 2 heteroatoms. The molecule has 2 bridgehead atoms. The molecule has 0 aromatic heterocycles. The molecule has 2 saturated heterocycles. The fourth-order valence-corrected chi connectivity index (χ4v) is 3.15. The summed E-state index contributed by atoms with van der Waals surface area (Å²) in [5, 5.41) is 0. The summed E-state index contributed by atoms with van der Waals surface area (Å²) in [7, 11) is 0. The first kappa shape index (κ1) is 10.4. The first-order valence-electron chi connectivity index (χ1n) is 6.07. The molecule has 2 heterocycles. The summed E-state index contributed by atoms with van der Waals surface area (Å²) in [5.74, 6) is 0.897. The Morgan fingerprint density at radius 2 is 1.86 bits per heavy atom. The summed E-state index contributed by atoms with van der Waals surface area (Å²) in [6, 6.07) is 2.14. The largest absolute Gasteiger partial charge is 0.378 e. The van der Waals surface area contributed by atoms with Gasteiger partial charge in [-0.2, -0.15) is 0 Å². The Hall–Kier alpha value is -0.0800. The summed E-state index contributed by atoms with van der Waals surface area (Å²) in [5.41, 5.74) is 0. The Balaban J connectivity index is 2.08. The van der Waals surface area contributed by atoms with Crippen LogP contribution in [-0.4, -0.2) is 36.2 Å². The van der Waals surface area contributed by atoms with E-state index in [4.69, 9.17) is 4.74 Å². The molecule has 2 rings (SSSR count). The van der Waals surface area contributed by atoms with Crippen molar-refractivity contribution in [2.75, 3.05) is 13.2 Å². The van der Waals surface area contributed by atoms with Crippen LogP contribution in [0.2, 0.25) is 0 Å². The van der Waals surface area contributed by atoms with Crippen LogP contribution in [0, 0.1) is 5.92 Å². The third kappa shape index (κ3) is 1.82. The lowest BCUT2D eigenvalue weighted by Crippen LogP contribution is -2.59. The topological polar surface area (TPSA) is 12.5 Å². The molecule has 2 aliphatic heterocycles. The van der Waals surface area contributed by atoms with Gasteiger partial charge in [0.25, 0.3) is 0 Å². The number of hydrogen-bond acceptors (Lipinski definition) is 2. The Morgan fingerprint density at radius 3 is 2.36 bits per heavy atom. The van der Waals surface area contributed by atoms with Gasteiger partial charge in [-0.25, -0.2) is 0 Å². The monoisotopic (exact) mass is 197 g/mol. The highest BCUT2D eigenvalue weighted by Crippen LogP contribution is 2.33. The lowest BCUT2D eigenvalue weighted by atomic mass is 9.85. The van der Waals surface area contributed by atoms with Crippen molar-refractivity contribution in [3.05, 3.63) is 0 Å². The van der Waals surface area contributed by atoms with E-state index in [0.717, 1.165) is 25.2 Å². The van der Waals surface area contributed by atoms with Crippen molar-refractivity contribution in [1.82, 2.24) is 4.90 Å². The van der Waals surface area contributed by atoms with E-state index in [1.165, 1.54) is 19.3 Å². The fraction of sp³-hybridized carbons (Fsp3) is 1.00. The Labute approximate surface area is 87.6 Å². The summed E-state index contributed by atoms with van der Waals surface area (Å²) in [6.07, 6.45) is 3.93. The third-order valence-electron chi connectivity index (χ3n) is 3.91. The van der Waals surface area contributed by atoms with Crippen LogP contribution in [0.4, 0.5) is 0 Å². The zero-order valence-electron chi connectivity index (χ0n) is 9.70. The van der Waals surface area contributed by atoms with Gasteiger partial charge in [-0.05, 0) is 32.1 Å². The van der Waals surface area contributed by atoms with Crippen LogP contribution in [0.15, 0.2) is 0 Å². The van der Waals surface area contributed by atoms with E-state index in [2.05, 4.69) is 25.7 Å². The highest BCUT2D eigenvalue weighted by molar-refractivity contribution is 4.92. The SMILES string of the molecule is CCC(C)N1C2COCC1CC(C)C2. The fourth-order valence-electron chi connectivity index (χ4n) is 3.15. The highest BCUT2D eigenvalue weighted by atomic mass is 16.5. The molecule has 82 valence electrons. The molecule has 0 radical (unpaired) electrons. The van der Waals surface area contributed by atoms with Crippen molar-refractivity contribution < 1.29 is 4.74 Å². The Bertz CT molecular complexity index is 181. The molecule has 0 amide bonds. The van der Waals surface area contributed by atoms with Crippen molar-refractivity contribution in [1.29, 1.82) is 0 Å². The second-order valence-electron chi connectivity index (χ2n) is 5.13. The van der Waals surface area contributed by atoms with Crippen LogP contribution in [0.25, 0.3) is 0 Å². The highest BCUT2D eigenvalue weighted by Gasteiger charge is 2.39. The predicted octanol–water partition coefficient (Wildman–Crippen LogP) is 2.28. The van der Waals surface area contributed by atoms with E-state index in [-0.39, 0.29) is 0 Å². The van der Waals surface area contributed by atoms with E-state index in [1.807, 2.05) is 0 Å². The maximum Gasteiger partial charge on any atom is 0.0622 e. The number of rotatable bonds is 2. The van der Waals surface area contributed by atoms with Crippen molar-refractivity contribution in [3.8, 4) is 0 Å². The van der Waals surface area contributed by atoms with Gasteiger partial charge in [-0.15, -0.1) is 0 Å². The minimum Gasteiger partial charge on any atom is -0.378 e. The van der Waals surface area contributed by atoms with Crippen LogP contribution in [0.1, 0.15) is 40.0 Å². The smallest absolute Gasteiger partial charge is 0.0622 e. The standard InChI is InChI=1S/C12H23NO/c1-4-10(3)13-11-5-9(2)6-12(13)8-14-7-11/h9-12H,4-8H2,1-3H3. The molecule has 2 aliphatic rings. The van der Waals surface area contributed by atoms with Crippen LogP contribution in [-0.2, 0) is 4.74 Å². The predicted molar refractivity (Wildman–Crippen MR) is 58.4 cm³/mol.